The molecule has 0 radical (unpaired) electrons. The molecule has 0 atom stereocenters. The highest BCUT2D eigenvalue weighted by molar-refractivity contribution is 6.02. The molecule has 0 saturated carbocycles. The van der Waals surface area contributed by atoms with Gasteiger partial charge in [-0.3, -0.25) is 19.3 Å². The second kappa shape index (κ2) is 5.90. The van der Waals surface area contributed by atoms with E-state index in [1.807, 2.05) is 19.1 Å². The van der Waals surface area contributed by atoms with Gasteiger partial charge in [-0.1, -0.05) is 0 Å². The topological polar surface area (TPSA) is 70.8 Å². The Balaban J connectivity index is 1.82. The van der Waals surface area contributed by atoms with Crippen molar-refractivity contribution >= 4 is 17.7 Å². The van der Waals surface area contributed by atoms with Crippen molar-refractivity contribution in [1.82, 2.24) is 9.80 Å². The van der Waals surface area contributed by atoms with Gasteiger partial charge >= 0.3 is 0 Å². The van der Waals surface area contributed by atoms with Crippen LogP contribution in [0.3, 0.4) is 0 Å². The van der Waals surface area contributed by atoms with Gasteiger partial charge in [-0.15, -0.1) is 0 Å². The Morgan fingerprint density at radius 3 is 2.50 bits per heavy atom. The average molecular weight is 278 g/mol. The lowest BCUT2D eigenvalue weighted by molar-refractivity contribution is -0.139. The van der Waals surface area contributed by atoms with Gasteiger partial charge in [0, 0.05) is 32.9 Å². The maximum absolute atomic E-state index is 12.0. The SMILES string of the molecule is Cc1ccc(CN(C)C(=O)CCN2C(=O)CCC2=O)o1. The van der Waals surface area contributed by atoms with Crippen LogP contribution in [-0.4, -0.2) is 41.1 Å². The lowest BCUT2D eigenvalue weighted by atomic mass is 10.3. The van der Waals surface area contributed by atoms with E-state index in [-0.39, 0.29) is 43.5 Å². The second-order valence-corrected chi connectivity index (χ2v) is 4.95. The lowest BCUT2D eigenvalue weighted by Crippen LogP contribution is -2.34. The Morgan fingerprint density at radius 1 is 1.30 bits per heavy atom. The van der Waals surface area contributed by atoms with Crippen molar-refractivity contribution in [3.8, 4) is 0 Å². The third kappa shape index (κ3) is 3.26. The summed E-state index contributed by atoms with van der Waals surface area (Å²) in [5, 5.41) is 0. The number of aryl methyl sites for hydroxylation is 1. The molecule has 1 aliphatic heterocycles. The van der Waals surface area contributed by atoms with Gasteiger partial charge in [0.25, 0.3) is 0 Å². The minimum Gasteiger partial charge on any atom is -0.464 e. The van der Waals surface area contributed by atoms with Crippen molar-refractivity contribution in [3.05, 3.63) is 23.7 Å². The van der Waals surface area contributed by atoms with Crippen LogP contribution in [0.15, 0.2) is 16.5 Å². The molecule has 1 fully saturated rings. The van der Waals surface area contributed by atoms with E-state index in [9.17, 15) is 14.4 Å². The molecule has 1 aliphatic rings. The van der Waals surface area contributed by atoms with Crippen LogP contribution >= 0.6 is 0 Å². The third-order valence-corrected chi connectivity index (χ3v) is 3.32. The first-order valence-corrected chi connectivity index (χ1v) is 6.60. The summed E-state index contributed by atoms with van der Waals surface area (Å²) in [4.78, 5) is 37.5. The smallest absolute Gasteiger partial charge is 0.229 e. The maximum atomic E-state index is 12.0. The summed E-state index contributed by atoms with van der Waals surface area (Å²) in [5.41, 5.74) is 0. The Labute approximate surface area is 117 Å². The lowest BCUT2D eigenvalue weighted by Gasteiger charge is -2.18. The number of nitrogens with zero attached hydrogens (tertiary/aromatic N) is 2. The molecule has 0 aliphatic carbocycles. The molecular weight excluding hydrogens is 260 g/mol. The van der Waals surface area contributed by atoms with Crippen LogP contribution in [0.2, 0.25) is 0 Å². The molecule has 6 heteroatoms. The molecule has 0 N–H and O–H groups in total. The van der Waals surface area contributed by atoms with Crippen molar-refractivity contribution in [3.63, 3.8) is 0 Å². The monoisotopic (exact) mass is 278 g/mol. The second-order valence-electron chi connectivity index (χ2n) is 4.95. The molecule has 2 rings (SSSR count). The first-order valence-electron chi connectivity index (χ1n) is 6.60. The van der Waals surface area contributed by atoms with Crippen molar-refractivity contribution in [2.24, 2.45) is 0 Å². The number of amides is 3. The molecule has 0 aromatic carbocycles. The number of hydrogen-bond donors (Lipinski definition) is 0. The number of likely N-dealkylation sites (tertiary alicyclic amines) is 1. The maximum Gasteiger partial charge on any atom is 0.229 e. The molecule has 1 aromatic heterocycles. The quantitative estimate of drug-likeness (QED) is 0.756. The number of furan rings is 1. The van der Waals surface area contributed by atoms with E-state index in [0.717, 1.165) is 5.76 Å². The van der Waals surface area contributed by atoms with Gasteiger partial charge in [0.1, 0.15) is 11.5 Å². The Morgan fingerprint density at radius 2 is 1.95 bits per heavy atom. The van der Waals surface area contributed by atoms with Gasteiger partial charge in [-0.2, -0.15) is 0 Å². The van der Waals surface area contributed by atoms with Crippen molar-refractivity contribution in [1.29, 1.82) is 0 Å². The summed E-state index contributed by atoms with van der Waals surface area (Å²) in [5.74, 6) is 1.02. The first-order chi connectivity index (χ1) is 9.47. The van der Waals surface area contributed by atoms with Crippen LogP contribution in [0.25, 0.3) is 0 Å². The molecule has 0 bridgehead atoms. The number of carbonyl (C=O) groups excluding carboxylic acids is 3. The standard InChI is InChI=1S/C14H18N2O4/c1-10-3-4-11(20-10)9-15(2)12(17)7-8-16-13(18)5-6-14(16)19/h3-4H,5-9H2,1-2H3. The van der Waals surface area contributed by atoms with E-state index in [0.29, 0.717) is 12.3 Å². The molecule has 20 heavy (non-hydrogen) atoms. The Bertz CT molecular complexity index is 519. The summed E-state index contributed by atoms with van der Waals surface area (Å²) in [6.07, 6.45) is 0.663. The van der Waals surface area contributed by atoms with Gasteiger partial charge in [0.2, 0.25) is 17.7 Å². The summed E-state index contributed by atoms with van der Waals surface area (Å²) >= 11 is 0. The summed E-state index contributed by atoms with van der Waals surface area (Å²) < 4.78 is 5.40. The summed E-state index contributed by atoms with van der Waals surface area (Å²) in [6, 6.07) is 3.67. The number of imide groups is 1. The predicted octanol–water partition coefficient (Wildman–Crippen LogP) is 1.09. The number of rotatable bonds is 5. The van der Waals surface area contributed by atoms with E-state index < -0.39 is 0 Å². The molecule has 1 aromatic rings. The van der Waals surface area contributed by atoms with Crippen molar-refractivity contribution in [2.45, 2.75) is 32.7 Å². The van der Waals surface area contributed by atoms with Gasteiger partial charge < -0.3 is 9.32 Å². The molecule has 2 heterocycles. The highest BCUT2D eigenvalue weighted by Crippen LogP contribution is 2.13. The van der Waals surface area contributed by atoms with E-state index in [4.69, 9.17) is 4.42 Å². The van der Waals surface area contributed by atoms with Gasteiger partial charge in [0.05, 0.1) is 6.54 Å². The Kier molecular flexibility index (Phi) is 4.22. The fraction of sp³-hybridized carbons (Fsp3) is 0.500. The fourth-order valence-electron chi connectivity index (χ4n) is 2.16. The van der Waals surface area contributed by atoms with E-state index >= 15 is 0 Å². The van der Waals surface area contributed by atoms with Crippen molar-refractivity contribution < 1.29 is 18.8 Å². The van der Waals surface area contributed by atoms with Gasteiger partial charge in [-0.05, 0) is 19.1 Å². The zero-order chi connectivity index (χ0) is 14.7. The zero-order valence-corrected chi connectivity index (χ0v) is 11.7. The first kappa shape index (κ1) is 14.3. The number of hydrogen-bond acceptors (Lipinski definition) is 4. The molecule has 3 amide bonds. The van der Waals surface area contributed by atoms with Crippen LogP contribution in [0.1, 0.15) is 30.8 Å². The summed E-state index contributed by atoms with van der Waals surface area (Å²) in [7, 11) is 1.67. The van der Waals surface area contributed by atoms with Crippen LogP contribution < -0.4 is 0 Å². The molecular formula is C14H18N2O4. The minimum absolute atomic E-state index is 0.119. The van der Waals surface area contributed by atoms with Crippen LogP contribution in [0, 0.1) is 6.92 Å². The molecule has 108 valence electrons. The number of carbonyl (C=O) groups is 3. The fourth-order valence-corrected chi connectivity index (χ4v) is 2.16. The molecule has 6 nitrogen and oxygen atoms in total. The highest BCUT2D eigenvalue weighted by Gasteiger charge is 2.29. The molecule has 1 saturated heterocycles. The van der Waals surface area contributed by atoms with E-state index in [1.54, 1.807) is 7.05 Å². The normalized spacial score (nSPS) is 15.0. The predicted molar refractivity (Wildman–Crippen MR) is 70.5 cm³/mol. The summed E-state index contributed by atoms with van der Waals surface area (Å²) in [6.45, 7) is 2.39. The van der Waals surface area contributed by atoms with Crippen LogP contribution in [0.5, 0.6) is 0 Å². The van der Waals surface area contributed by atoms with Gasteiger partial charge in [-0.25, -0.2) is 0 Å². The van der Waals surface area contributed by atoms with Gasteiger partial charge in [0.15, 0.2) is 0 Å². The molecule has 0 unspecified atom stereocenters. The molecule has 0 spiro atoms. The highest BCUT2D eigenvalue weighted by atomic mass is 16.3. The largest absolute Gasteiger partial charge is 0.464 e. The van der Waals surface area contributed by atoms with Crippen LogP contribution in [-0.2, 0) is 20.9 Å². The van der Waals surface area contributed by atoms with Crippen LogP contribution in [0.4, 0.5) is 0 Å². The Hall–Kier alpha value is -2.11. The third-order valence-electron chi connectivity index (χ3n) is 3.32. The minimum atomic E-state index is -0.188. The zero-order valence-electron chi connectivity index (χ0n) is 11.7. The van der Waals surface area contributed by atoms with E-state index in [1.165, 1.54) is 9.80 Å². The van der Waals surface area contributed by atoms with E-state index in [2.05, 4.69) is 0 Å². The van der Waals surface area contributed by atoms with Crippen molar-refractivity contribution in [2.75, 3.05) is 13.6 Å². The average Bonchev–Trinajstić information content (AvgIpc) is 2.94.